The predicted molar refractivity (Wildman–Crippen MR) is 65.4 cm³/mol. The van der Waals surface area contributed by atoms with Crippen LogP contribution in [0.25, 0.3) is 0 Å². The lowest BCUT2D eigenvalue weighted by molar-refractivity contribution is 0.0541. The molecule has 5 heteroatoms. The van der Waals surface area contributed by atoms with Crippen LogP contribution in [0.3, 0.4) is 0 Å². The Bertz CT molecular complexity index is 400. The molecule has 0 aliphatic carbocycles. The molecule has 2 N–H and O–H groups in total. The maximum atomic E-state index is 12.8. The van der Waals surface area contributed by atoms with Gasteiger partial charge in [-0.05, 0) is 30.5 Å². The fraction of sp³-hybridized carbons (Fsp3) is 0.462. The zero-order valence-electron chi connectivity index (χ0n) is 10.1. The Balaban J connectivity index is 1.79. The fourth-order valence-corrected chi connectivity index (χ4v) is 2.20. The minimum atomic E-state index is -0.702. The van der Waals surface area contributed by atoms with Gasteiger partial charge in [-0.15, -0.1) is 0 Å². The molecule has 0 aromatic heterocycles. The number of nitrogens with two attached hydrogens (primary N) is 1. The minimum absolute atomic E-state index is 0.0630. The highest BCUT2D eigenvalue weighted by Gasteiger charge is 2.21. The molecule has 2 rings (SSSR count). The SMILES string of the molecule is NC(=O)OC1CCN(Cc2ccc(F)cc2)CC1. The zero-order chi connectivity index (χ0) is 13.0. The van der Waals surface area contributed by atoms with Gasteiger partial charge in [0.1, 0.15) is 11.9 Å². The molecule has 1 aromatic rings. The quantitative estimate of drug-likeness (QED) is 0.893. The molecule has 1 saturated heterocycles. The Hall–Kier alpha value is -1.62. The van der Waals surface area contributed by atoms with Gasteiger partial charge in [0.2, 0.25) is 0 Å². The van der Waals surface area contributed by atoms with E-state index in [-0.39, 0.29) is 11.9 Å². The molecule has 98 valence electrons. The Kier molecular flexibility index (Phi) is 4.15. The molecule has 0 atom stereocenters. The van der Waals surface area contributed by atoms with E-state index in [4.69, 9.17) is 10.5 Å². The van der Waals surface area contributed by atoms with E-state index in [9.17, 15) is 9.18 Å². The van der Waals surface area contributed by atoms with E-state index >= 15 is 0 Å². The highest BCUT2D eigenvalue weighted by atomic mass is 19.1. The number of hydrogen-bond donors (Lipinski definition) is 1. The number of carbonyl (C=O) groups excluding carboxylic acids is 1. The molecule has 4 nitrogen and oxygen atoms in total. The highest BCUT2D eigenvalue weighted by molar-refractivity contribution is 5.64. The van der Waals surface area contributed by atoms with Gasteiger partial charge in [0.15, 0.2) is 0 Å². The minimum Gasteiger partial charge on any atom is -0.446 e. The van der Waals surface area contributed by atoms with Crippen molar-refractivity contribution in [2.24, 2.45) is 5.73 Å². The predicted octanol–water partition coefficient (Wildman–Crippen LogP) is 1.89. The van der Waals surface area contributed by atoms with Crippen LogP contribution in [0.15, 0.2) is 24.3 Å². The molecule has 1 amide bonds. The van der Waals surface area contributed by atoms with Gasteiger partial charge in [0.25, 0.3) is 0 Å². The molecule has 1 fully saturated rings. The molecular formula is C13H17FN2O2. The van der Waals surface area contributed by atoms with Gasteiger partial charge in [0, 0.05) is 19.6 Å². The third-order valence-electron chi connectivity index (χ3n) is 3.14. The van der Waals surface area contributed by atoms with Crippen molar-refractivity contribution in [1.29, 1.82) is 0 Å². The molecule has 18 heavy (non-hydrogen) atoms. The summed E-state index contributed by atoms with van der Waals surface area (Å²) in [6.07, 6.45) is 0.827. The average molecular weight is 252 g/mol. The molecule has 0 spiro atoms. The van der Waals surface area contributed by atoms with Crippen LogP contribution < -0.4 is 5.73 Å². The Morgan fingerprint density at radius 2 is 1.94 bits per heavy atom. The topological polar surface area (TPSA) is 55.6 Å². The smallest absolute Gasteiger partial charge is 0.404 e. The first-order valence-electron chi connectivity index (χ1n) is 6.06. The van der Waals surface area contributed by atoms with Gasteiger partial charge in [-0.3, -0.25) is 4.90 Å². The zero-order valence-corrected chi connectivity index (χ0v) is 10.1. The summed E-state index contributed by atoms with van der Waals surface area (Å²) < 4.78 is 17.7. The third kappa shape index (κ3) is 3.70. The maximum Gasteiger partial charge on any atom is 0.404 e. The van der Waals surface area contributed by atoms with E-state index in [0.29, 0.717) is 0 Å². The van der Waals surface area contributed by atoms with Crippen LogP contribution in [-0.4, -0.2) is 30.2 Å². The van der Waals surface area contributed by atoms with Crippen molar-refractivity contribution >= 4 is 6.09 Å². The summed E-state index contributed by atoms with van der Waals surface area (Å²) in [5.41, 5.74) is 6.07. The van der Waals surface area contributed by atoms with Crippen molar-refractivity contribution in [3.05, 3.63) is 35.6 Å². The van der Waals surface area contributed by atoms with Gasteiger partial charge in [-0.25, -0.2) is 9.18 Å². The first kappa shape index (κ1) is 12.8. The van der Waals surface area contributed by atoms with E-state index < -0.39 is 6.09 Å². The highest BCUT2D eigenvalue weighted by Crippen LogP contribution is 2.16. The number of carbonyl (C=O) groups is 1. The number of likely N-dealkylation sites (tertiary alicyclic amines) is 1. The number of nitrogens with zero attached hydrogens (tertiary/aromatic N) is 1. The molecule has 1 aliphatic heterocycles. The number of rotatable bonds is 3. The molecule has 1 aromatic carbocycles. The first-order valence-corrected chi connectivity index (χ1v) is 6.06. The summed E-state index contributed by atoms with van der Waals surface area (Å²) in [5.74, 6) is -0.215. The first-order chi connectivity index (χ1) is 8.63. The number of primary amides is 1. The average Bonchev–Trinajstić information content (AvgIpc) is 2.34. The van der Waals surface area contributed by atoms with Gasteiger partial charge in [0.05, 0.1) is 0 Å². The normalized spacial score (nSPS) is 17.6. The van der Waals surface area contributed by atoms with E-state index in [1.807, 2.05) is 0 Å². The molecule has 0 saturated carbocycles. The monoisotopic (exact) mass is 252 g/mol. The lowest BCUT2D eigenvalue weighted by Crippen LogP contribution is -2.38. The van der Waals surface area contributed by atoms with Gasteiger partial charge in [-0.1, -0.05) is 12.1 Å². The van der Waals surface area contributed by atoms with Crippen LogP contribution in [-0.2, 0) is 11.3 Å². The summed E-state index contributed by atoms with van der Waals surface area (Å²) in [6.45, 7) is 2.51. The summed E-state index contributed by atoms with van der Waals surface area (Å²) in [4.78, 5) is 12.9. The number of piperidine rings is 1. The van der Waals surface area contributed by atoms with E-state index in [1.165, 1.54) is 12.1 Å². The molecule has 0 bridgehead atoms. The number of benzene rings is 1. The summed E-state index contributed by atoms with van der Waals surface area (Å²) in [7, 11) is 0. The Morgan fingerprint density at radius 1 is 1.33 bits per heavy atom. The van der Waals surface area contributed by atoms with Crippen molar-refractivity contribution in [3.8, 4) is 0 Å². The van der Waals surface area contributed by atoms with Crippen LogP contribution in [0.5, 0.6) is 0 Å². The second-order valence-electron chi connectivity index (χ2n) is 4.54. The number of hydrogen-bond acceptors (Lipinski definition) is 3. The number of amides is 1. The molecule has 1 heterocycles. The van der Waals surface area contributed by atoms with Gasteiger partial charge < -0.3 is 10.5 Å². The summed E-state index contributed by atoms with van der Waals surface area (Å²) in [6, 6.07) is 6.53. The van der Waals surface area contributed by atoms with Gasteiger partial charge >= 0.3 is 6.09 Å². The van der Waals surface area contributed by atoms with Crippen LogP contribution in [0, 0.1) is 5.82 Å². The van der Waals surface area contributed by atoms with Crippen molar-refractivity contribution < 1.29 is 13.9 Å². The number of ether oxygens (including phenoxy) is 1. The molecule has 1 aliphatic rings. The Labute approximate surface area is 106 Å². The van der Waals surface area contributed by atoms with Crippen molar-refractivity contribution in [3.63, 3.8) is 0 Å². The molecule has 0 unspecified atom stereocenters. The fourth-order valence-electron chi connectivity index (χ4n) is 2.20. The van der Waals surface area contributed by atoms with E-state index in [2.05, 4.69) is 4.90 Å². The summed E-state index contributed by atoms with van der Waals surface area (Å²) >= 11 is 0. The van der Waals surface area contributed by atoms with Gasteiger partial charge in [-0.2, -0.15) is 0 Å². The lowest BCUT2D eigenvalue weighted by atomic mass is 10.1. The Morgan fingerprint density at radius 3 is 2.50 bits per heavy atom. The van der Waals surface area contributed by atoms with E-state index in [0.717, 1.165) is 38.0 Å². The van der Waals surface area contributed by atoms with Crippen molar-refractivity contribution in [2.45, 2.75) is 25.5 Å². The molecular weight excluding hydrogens is 235 g/mol. The standard InChI is InChI=1S/C13H17FN2O2/c14-11-3-1-10(2-4-11)9-16-7-5-12(6-8-16)18-13(15)17/h1-4,12H,5-9H2,(H2,15,17). The second kappa shape index (κ2) is 5.82. The van der Waals surface area contributed by atoms with Crippen molar-refractivity contribution in [2.75, 3.05) is 13.1 Å². The maximum absolute atomic E-state index is 12.8. The van der Waals surface area contributed by atoms with E-state index in [1.54, 1.807) is 12.1 Å². The summed E-state index contributed by atoms with van der Waals surface area (Å²) in [5, 5.41) is 0. The van der Waals surface area contributed by atoms with Crippen LogP contribution in [0.2, 0.25) is 0 Å². The van der Waals surface area contributed by atoms with Crippen molar-refractivity contribution in [1.82, 2.24) is 4.90 Å². The largest absolute Gasteiger partial charge is 0.446 e. The number of halogens is 1. The van der Waals surface area contributed by atoms with Crippen LogP contribution in [0.4, 0.5) is 9.18 Å². The van der Waals surface area contributed by atoms with Crippen LogP contribution >= 0.6 is 0 Å². The third-order valence-corrected chi connectivity index (χ3v) is 3.14. The molecule has 0 radical (unpaired) electrons. The van der Waals surface area contributed by atoms with Crippen LogP contribution in [0.1, 0.15) is 18.4 Å². The lowest BCUT2D eigenvalue weighted by Gasteiger charge is -2.31. The second-order valence-corrected chi connectivity index (χ2v) is 4.54.